The normalized spacial score (nSPS) is 24.0. The second-order valence-corrected chi connectivity index (χ2v) is 6.01. The number of piperidine rings is 1. The minimum atomic E-state index is 0.241. The van der Waals surface area contributed by atoms with Gasteiger partial charge in [-0.25, -0.2) is 4.98 Å². The van der Waals surface area contributed by atoms with E-state index in [4.69, 9.17) is 0 Å². The van der Waals surface area contributed by atoms with Crippen molar-refractivity contribution in [3.8, 4) is 0 Å². The van der Waals surface area contributed by atoms with E-state index in [1.54, 1.807) is 0 Å². The Hall–Kier alpha value is -1.58. The molecule has 0 bridgehead atoms. The molecule has 0 saturated carbocycles. The molecule has 1 aliphatic carbocycles. The van der Waals surface area contributed by atoms with Crippen LogP contribution in [-0.4, -0.2) is 33.4 Å². The quantitative estimate of drug-likeness (QED) is 0.794. The number of hydrogen-bond donors (Lipinski definition) is 0. The van der Waals surface area contributed by atoms with Gasteiger partial charge in [0.2, 0.25) is 5.91 Å². The zero-order valence-electron chi connectivity index (χ0n) is 11.9. The molecule has 1 aromatic heterocycles. The van der Waals surface area contributed by atoms with Crippen LogP contribution in [0.1, 0.15) is 32.1 Å². The van der Waals surface area contributed by atoms with Crippen molar-refractivity contribution < 1.29 is 4.79 Å². The molecular weight excluding hydrogens is 250 g/mol. The van der Waals surface area contributed by atoms with E-state index < -0.39 is 0 Å². The van der Waals surface area contributed by atoms with Gasteiger partial charge < -0.3 is 9.47 Å². The molecule has 1 fully saturated rings. The van der Waals surface area contributed by atoms with E-state index in [-0.39, 0.29) is 5.92 Å². The lowest BCUT2D eigenvalue weighted by atomic mass is 9.91. The molecule has 2 aliphatic rings. The summed E-state index contributed by atoms with van der Waals surface area (Å²) in [7, 11) is 0. The molecule has 1 saturated heterocycles. The maximum Gasteiger partial charge on any atom is 0.226 e. The number of carbonyl (C=O) groups excluding carboxylic acids is 1. The van der Waals surface area contributed by atoms with Crippen LogP contribution in [0.5, 0.6) is 0 Å². The maximum absolute atomic E-state index is 12.5. The van der Waals surface area contributed by atoms with Gasteiger partial charge in [0.15, 0.2) is 0 Å². The Labute approximate surface area is 120 Å². The number of allylic oxidation sites excluding steroid dienone is 2. The van der Waals surface area contributed by atoms with E-state index in [2.05, 4.69) is 26.6 Å². The molecule has 4 nitrogen and oxygen atoms in total. The summed E-state index contributed by atoms with van der Waals surface area (Å²) in [4.78, 5) is 18.6. The summed E-state index contributed by atoms with van der Waals surface area (Å²) in [5, 5.41) is 0. The van der Waals surface area contributed by atoms with Gasteiger partial charge in [-0.15, -0.1) is 0 Å². The summed E-state index contributed by atoms with van der Waals surface area (Å²) in [6, 6.07) is 0. The van der Waals surface area contributed by atoms with Crippen LogP contribution >= 0.6 is 0 Å². The Balaban J connectivity index is 1.48. The molecule has 1 unspecified atom stereocenters. The monoisotopic (exact) mass is 273 g/mol. The van der Waals surface area contributed by atoms with Crippen molar-refractivity contribution in [2.24, 2.45) is 11.8 Å². The Morgan fingerprint density at radius 3 is 2.70 bits per heavy atom. The third kappa shape index (κ3) is 3.11. The van der Waals surface area contributed by atoms with Crippen molar-refractivity contribution in [3.05, 3.63) is 30.9 Å². The van der Waals surface area contributed by atoms with Crippen LogP contribution in [0.3, 0.4) is 0 Å². The lowest BCUT2D eigenvalue weighted by Crippen LogP contribution is -2.42. The Morgan fingerprint density at radius 1 is 1.20 bits per heavy atom. The molecular formula is C16H23N3O. The van der Waals surface area contributed by atoms with Crippen LogP contribution in [0, 0.1) is 11.8 Å². The fourth-order valence-electron chi connectivity index (χ4n) is 3.30. The molecule has 2 heterocycles. The molecule has 1 aliphatic heterocycles. The van der Waals surface area contributed by atoms with E-state index in [1.807, 2.05) is 18.7 Å². The highest BCUT2D eigenvalue weighted by molar-refractivity contribution is 5.79. The lowest BCUT2D eigenvalue weighted by Gasteiger charge is -2.34. The molecule has 1 atom stereocenters. The molecule has 20 heavy (non-hydrogen) atoms. The fourth-order valence-corrected chi connectivity index (χ4v) is 3.30. The van der Waals surface area contributed by atoms with Crippen molar-refractivity contribution in [2.75, 3.05) is 13.1 Å². The van der Waals surface area contributed by atoms with Gasteiger partial charge in [-0.3, -0.25) is 4.79 Å². The number of imidazole rings is 1. The van der Waals surface area contributed by atoms with E-state index >= 15 is 0 Å². The smallest absolute Gasteiger partial charge is 0.226 e. The number of carbonyl (C=O) groups is 1. The van der Waals surface area contributed by atoms with Crippen molar-refractivity contribution in [2.45, 2.75) is 38.6 Å². The minimum Gasteiger partial charge on any atom is -0.342 e. The Morgan fingerprint density at radius 2 is 2.05 bits per heavy atom. The highest BCUT2D eigenvalue weighted by Crippen LogP contribution is 2.25. The maximum atomic E-state index is 12.5. The van der Waals surface area contributed by atoms with Gasteiger partial charge in [-0.1, -0.05) is 12.2 Å². The van der Waals surface area contributed by atoms with Crippen LogP contribution in [0.4, 0.5) is 0 Å². The summed E-state index contributed by atoms with van der Waals surface area (Å²) in [5.41, 5.74) is 0. The average molecular weight is 273 g/mol. The first-order valence-corrected chi connectivity index (χ1v) is 7.72. The van der Waals surface area contributed by atoms with E-state index in [9.17, 15) is 4.79 Å². The standard InChI is InChI=1S/C16H23N3O/c20-16(15-4-2-1-3-5-15)19-9-6-14(7-10-19)12-18-11-8-17-13-18/h1-2,8,11,13-15H,3-7,9-10,12H2. The first kappa shape index (κ1) is 13.4. The van der Waals surface area contributed by atoms with Gasteiger partial charge in [0, 0.05) is 37.9 Å². The van der Waals surface area contributed by atoms with Crippen LogP contribution in [-0.2, 0) is 11.3 Å². The SMILES string of the molecule is O=C(C1CC=CCC1)N1CCC(Cn2ccnc2)CC1. The summed E-state index contributed by atoms with van der Waals surface area (Å²) in [6.07, 6.45) is 15.4. The third-order valence-corrected chi connectivity index (χ3v) is 4.57. The van der Waals surface area contributed by atoms with Gasteiger partial charge in [0.25, 0.3) is 0 Å². The molecule has 3 rings (SSSR count). The van der Waals surface area contributed by atoms with Crippen LogP contribution in [0.15, 0.2) is 30.9 Å². The summed E-state index contributed by atoms with van der Waals surface area (Å²) < 4.78 is 2.15. The second kappa shape index (κ2) is 6.25. The molecule has 4 heteroatoms. The van der Waals surface area contributed by atoms with Crippen molar-refractivity contribution >= 4 is 5.91 Å². The third-order valence-electron chi connectivity index (χ3n) is 4.57. The topological polar surface area (TPSA) is 38.1 Å². The molecule has 0 radical (unpaired) electrons. The van der Waals surface area contributed by atoms with E-state index in [1.165, 1.54) is 0 Å². The molecule has 0 N–H and O–H groups in total. The van der Waals surface area contributed by atoms with Crippen LogP contribution in [0.2, 0.25) is 0 Å². The first-order chi connectivity index (χ1) is 9.83. The predicted octanol–water partition coefficient (Wildman–Crippen LogP) is 2.48. The number of amides is 1. The van der Waals surface area contributed by atoms with Gasteiger partial charge in [0.05, 0.1) is 6.33 Å². The Kier molecular flexibility index (Phi) is 4.19. The Bertz CT molecular complexity index is 458. The summed E-state index contributed by atoms with van der Waals surface area (Å²) in [5.74, 6) is 1.31. The van der Waals surface area contributed by atoms with Gasteiger partial charge in [0.1, 0.15) is 0 Å². The lowest BCUT2D eigenvalue weighted by molar-refractivity contribution is -0.137. The van der Waals surface area contributed by atoms with Crippen molar-refractivity contribution in [3.63, 3.8) is 0 Å². The number of rotatable bonds is 3. The number of hydrogen-bond acceptors (Lipinski definition) is 2. The zero-order valence-corrected chi connectivity index (χ0v) is 11.9. The number of likely N-dealkylation sites (tertiary alicyclic amines) is 1. The average Bonchev–Trinajstić information content (AvgIpc) is 3.01. The second-order valence-electron chi connectivity index (χ2n) is 6.01. The molecule has 0 aromatic carbocycles. The van der Waals surface area contributed by atoms with Crippen LogP contribution < -0.4 is 0 Å². The van der Waals surface area contributed by atoms with Crippen molar-refractivity contribution in [1.82, 2.24) is 14.5 Å². The van der Waals surface area contributed by atoms with E-state index in [0.717, 1.165) is 51.7 Å². The minimum absolute atomic E-state index is 0.241. The predicted molar refractivity (Wildman–Crippen MR) is 78.0 cm³/mol. The highest BCUT2D eigenvalue weighted by atomic mass is 16.2. The zero-order chi connectivity index (χ0) is 13.8. The molecule has 1 aromatic rings. The van der Waals surface area contributed by atoms with Gasteiger partial charge >= 0.3 is 0 Å². The first-order valence-electron chi connectivity index (χ1n) is 7.72. The molecule has 0 spiro atoms. The molecule has 108 valence electrons. The summed E-state index contributed by atoms with van der Waals surface area (Å²) >= 11 is 0. The van der Waals surface area contributed by atoms with Crippen LogP contribution in [0.25, 0.3) is 0 Å². The van der Waals surface area contributed by atoms with Crippen molar-refractivity contribution in [1.29, 1.82) is 0 Å². The summed E-state index contributed by atoms with van der Waals surface area (Å²) in [6.45, 7) is 2.89. The number of aromatic nitrogens is 2. The molecule has 1 amide bonds. The van der Waals surface area contributed by atoms with E-state index in [0.29, 0.717) is 11.8 Å². The highest BCUT2D eigenvalue weighted by Gasteiger charge is 2.28. The largest absolute Gasteiger partial charge is 0.342 e. The van der Waals surface area contributed by atoms with Gasteiger partial charge in [-0.2, -0.15) is 0 Å². The number of nitrogens with zero attached hydrogens (tertiary/aromatic N) is 3. The van der Waals surface area contributed by atoms with Gasteiger partial charge in [-0.05, 0) is 38.0 Å². The fraction of sp³-hybridized carbons (Fsp3) is 0.625.